The summed E-state index contributed by atoms with van der Waals surface area (Å²) >= 11 is 6.24. The average Bonchev–Trinajstić information content (AvgIpc) is 3.36. The summed E-state index contributed by atoms with van der Waals surface area (Å²) in [5.41, 5.74) is 1.88. The number of nitrogens with zero attached hydrogens (tertiary/aromatic N) is 4. The van der Waals surface area contributed by atoms with Crippen LogP contribution < -0.4 is 4.74 Å². The molecule has 2 aliphatic rings. The summed E-state index contributed by atoms with van der Waals surface area (Å²) < 4.78 is 35.3. The van der Waals surface area contributed by atoms with Crippen LogP contribution in [0.1, 0.15) is 36.1 Å². The van der Waals surface area contributed by atoms with Crippen LogP contribution in [0.25, 0.3) is 11.8 Å². The van der Waals surface area contributed by atoms with E-state index >= 15 is 0 Å². The Morgan fingerprint density at radius 2 is 1.91 bits per heavy atom. The zero-order chi connectivity index (χ0) is 23.9. The smallest absolute Gasteiger partial charge is 0.237 e. The van der Waals surface area contributed by atoms with E-state index in [0.717, 1.165) is 35.9 Å². The second kappa shape index (κ2) is 8.76. The number of amidine groups is 1. The first-order valence-electron chi connectivity index (χ1n) is 11.0. The van der Waals surface area contributed by atoms with E-state index in [1.165, 1.54) is 12.1 Å². The van der Waals surface area contributed by atoms with E-state index in [-0.39, 0.29) is 0 Å². The minimum Gasteiger partial charge on any atom is -0.495 e. The van der Waals surface area contributed by atoms with Crippen molar-refractivity contribution in [2.24, 2.45) is 5.16 Å². The second-order valence-electron chi connectivity index (χ2n) is 8.38. The van der Waals surface area contributed by atoms with Crippen LogP contribution in [0.5, 0.6) is 5.75 Å². The van der Waals surface area contributed by atoms with Crippen molar-refractivity contribution in [2.45, 2.75) is 31.9 Å². The number of hydrogen-bond acceptors (Lipinski definition) is 5. The van der Waals surface area contributed by atoms with Crippen molar-refractivity contribution in [3.05, 3.63) is 82.4 Å². The number of oxime groups is 1. The molecule has 0 radical (unpaired) electrons. The van der Waals surface area contributed by atoms with Crippen LogP contribution in [-0.2, 0) is 10.6 Å². The molecule has 176 valence electrons. The van der Waals surface area contributed by atoms with Crippen molar-refractivity contribution in [3.8, 4) is 11.4 Å². The summed E-state index contributed by atoms with van der Waals surface area (Å²) in [7, 11) is 1.60. The zero-order valence-corrected chi connectivity index (χ0v) is 19.5. The maximum atomic E-state index is 14.0. The third kappa shape index (κ3) is 3.92. The quantitative estimate of drug-likeness (QED) is 0.458. The van der Waals surface area contributed by atoms with Crippen molar-refractivity contribution in [1.82, 2.24) is 14.5 Å². The Balaban J connectivity index is 1.43. The highest BCUT2D eigenvalue weighted by molar-refractivity contribution is 6.28. The number of rotatable bonds is 5. The predicted octanol–water partition coefficient (Wildman–Crippen LogP) is 5.82. The molecule has 34 heavy (non-hydrogen) atoms. The van der Waals surface area contributed by atoms with Gasteiger partial charge in [-0.25, -0.2) is 13.8 Å². The lowest BCUT2D eigenvalue weighted by Crippen LogP contribution is -2.49. The lowest BCUT2D eigenvalue weighted by molar-refractivity contribution is -0.126. The minimum absolute atomic E-state index is 0.353. The molecule has 9 heteroatoms. The first-order chi connectivity index (χ1) is 16.4. The summed E-state index contributed by atoms with van der Waals surface area (Å²) in [5.74, 6) is -0.0416. The van der Waals surface area contributed by atoms with E-state index in [1.807, 2.05) is 48.4 Å². The van der Waals surface area contributed by atoms with E-state index in [9.17, 15) is 8.78 Å². The Bertz CT molecular complexity index is 1290. The highest BCUT2D eigenvalue weighted by atomic mass is 35.5. The van der Waals surface area contributed by atoms with Crippen molar-refractivity contribution in [1.29, 1.82) is 0 Å². The Morgan fingerprint density at radius 1 is 1.12 bits per heavy atom. The van der Waals surface area contributed by atoms with Crippen LogP contribution in [0.4, 0.5) is 8.78 Å². The number of fused-ring (bicyclic) bond motifs is 1. The Hall–Kier alpha value is -3.39. The van der Waals surface area contributed by atoms with E-state index in [1.54, 1.807) is 11.7 Å². The number of methoxy groups -OCH3 is 1. The number of ether oxygens (including phenoxy) is 1. The molecule has 0 amide bonds. The van der Waals surface area contributed by atoms with Gasteiger partial charge in [-0.15, -0.1) is 0 Å². The van der Waals surface area contributed by atoms with Gasteiger partial charge >= 0.3 is 0 Å². The fourth-order valence-corrected chi connectivity index (χ4v) is 4.85. The molecule has 5 rings (SSSR count). The Labute approximate surface area is 201 Å². The van der Waals surface area contributed by atoms with Crippen LogP contribution in [0.15, 0.2) is 53.8 Å². The summed E-state index contributed by atoms with van der Waals surface area (Å²) in [6.07, 6.45) is 7.97. The fourth-order valence-electron chi connectivity index (χ4n) is 4.57. The number of aromatic nitrogens is 2. The van der Waals surface area contributed by atoms with Crippen molar-refractivity contribution in [2.75, 3.05) is 13.7 Å². The molecule has 0 aliphatic carbocycles. The highest BCUT2D eigenvalue weighted by Gasteiger charge is 2.48. The van der Waals surface area contributed by atoms with E-state index < -0.39 is 17.4 Å². The van der Waals surface area contributed by atoms with Crippen molar-refractivity contribution in [3.63, 3.8) is 0 Å². The van der Waals surface area contributed by atoms with Gasteiger partial charge in [0.2, 0.25) is 11.0 Å². The Kier molecular flexibility index (Phi) is 5.77. The molecule has 0 saturated carbocycles. The molecule has 0 bridgehead atoms. The molecule has 2 aliphatic heterocycles. The molecule has 1 atom stereocenters. The summed E-state index contributed by atoms with van der Waals surface area (Å²) in [5, 5.41) is 4.63. The molecule has 1 unspecified atom stereocenters. The highest BCUT2D eigenvalue weighted by Crippen LogP contribution is 2.43. The largest absolute Gasteiger partial charge is 0.495 e. The zero-order valence-electron chi connectivity index (χ0n) is 18.8. The number of hydrogen-bond donors (Lipinski definition) is 0. The maximum absolute atomic E-state index is 14.0. The average molecular weight is 485 g/mol. The maximum Gasteiger partial charge on any atom is 0.237 e. The molecular formula is C25H23ClF2N4O2. The molecule has 3 aromatic rings. The molecule has 2 aromatic carbocycles. The number of halogens is 3. The minimum atomic E-state index is -1.00. The predicted molar refractivity (Wildman–Crippen MR) is 126 cm³/mol. The third-order valence-electron chi connectivity index (χ3n) is 6.14. The van der Waals surface area contributed by atoms with Crippen LogP contribution in [0.3, 0.4) is 0 Å². The van der Waals surface area contributed by atoms with Crippen LogP contribution in [0, 0.1) is 18.6 Å². The topological polar surface area (TPSA) is 51.9 Å². The SMILES string of the molecule is COc1cc(/C=C/C2=NOC3(c4cc(F)cc(F)c4)CCCCN23)ccc1-n1cc(C)nc1Cl. The van der Waals surface area contributed by atoms with E-state index in [4.69, 9.17) is 21.2 Å². The first-order valence-corrected chi connectivity index (χ1v) is 11.4. The fraction of sp³-hybridized carbons (Fsp3) is 0.280. The molecular weight excluding hydrogens is 462 g/mol. The van der Waals surface area contributed by atoms with Gasteiger partial charge in [-0.05, 0) is 67.3 Å². The normalized spacial score (nSPS) is 19.8. The molecule has 0 spiro atoms. The number of imidazole rings is 1. The van der Waals surface area contributed by atoms with Crippen LogP contribution >= 0.6 is 11.6 Å². The van der Waals surface area contributed by atoms with Gasteiger partial charge in [-0.3, -0.25) is 4.57 Å². The van der Waals surface area contributed by atoms with Crippen molar-refractivity contribution < 1.29 is 18.4 Å². The molecule has 3 heterocycles. The van der Waals surface area contributed by atoms with Gasteiger partial charge in [-0.2, -0.15) is 0 Å². The van der Waals surface area contributed by atoms with Crippen LogP contribution in [0.2, 0.25) is 5.28 Å². The van der Waals surface area contributed by atoms with Gasteiger partial charge in [0, 0.05) is 30.8 Å². The van der Waals surface area contributed by atoms with E-state index in [2.05, 4.69) is 10.1 Å². The van der Waals surface area contributed by atoms with Gasteiger partial charge in [0.15, 0.2) is 5.84 Å². The van der Waals surface area contributed by atoms with Crippen molar-refractivity contribution >= 4 is 23.5 Å². The van der Waals surface area contributed by atoms with E-state index in [0.29, 0.717) is 35.4 Å². The Morgan fingerprint density at radius 3 is 2.62 bits per heavy atom. The molecule has 0 N–H and O–H groups in total. The lowest BCUT2D eigenvalue weighted by atomic mass is 9.91. The summed E-state index contributed by atoms with van der Waals surface area (Å²) in [6, 6.07) is 9.21. The molecule has 6 nitrogen and oxygen atoms in total. The standard InChI is InChI=1S/C25H23ClF2N4O2/c1-16-15-31(24(26)29-16)21-7-5-17(11-22(21)33-2)6-8-23-30-34-25(9-3-4-10-32(23)25)18-12-19(27)14-20(28)13-18/h5-8,11-15H,3-4,9-10H2,1-2H3/b8-6+. The summed E-state index contributed by atoms with van der Waals surface area (Å²) in [4.78, 5) is 12.1. The van der Waals surface area contributed by atoms with Gasteiger partial charge in [-0.1, -0.05) is 17.3 Å². The second-order valence-corrected chi connectivity index (χ2v) is 8.72. The summed E-state index contributed by atoms with van der Waals surface area (Å²) in [6.45, 7) is 2.54. The first kappa shape index (κ1) is 22.4. The molecule has 1 fully saturated rings. The lowest BCUT2D eigenvalue weighted by Gasteiger charge is -2.40. The molecule has 1 aromatic heterocycles. The number of benzene rings is 2. The third-order valence-corrected chi connectivity index (χ3v) is 6.40. The van der Waals surface area contributed by atoms with Gasteiger partial charge < -0.3 is 14.5 Å². The number of aryl methyl sites for hydroxylation is 1. The molecule has 1 saturated heterocycles. The van der Waals surface area contributed by atoms with Gasteiger partial charge in [0.1, 0.15) is 17.4 Å². The van der Waals surface area contributed by atoms with Gasteiger partial charge in [0.25, 0.3) is 0 Å². The van der Waals surface area contributed by atoms with Crippen LogP contribution in [-0.4, -0.2) is 33.9 Å². The monoisotopic (exact) mass is 484 g/mol. The van der Waals surface area contributed by atoms with Gasteiger partial charge in [0.05, 0.1) is 18.5 Å². The number of piperidine rings is 1.